The summed E-state index contributed by atoms with van der Waals surface area (Å²) in [5.74, 6) is 0.329. The van der Waals surface area contributed by atoms with Crippen molar-refractivity contribution >= 4 is 11.8 Å². The molecule has 1 fully saturated rings. The lowest BCUT2D eigenvalue weighted by Crippen LogP contribution is -2.50. The number of para-hydroxylation sites is 1. The van der Waals surface area contributed by atoms with Crippen molar-refractivity contribution in [1.29, 1.82) is 0 Å². The van der Waals surface area contributed by atoms with Gasteiger partial charge in [-0.3, -0.25) is 9.59 Å². The highest BCUT2D eigenvalue weighted by Crippen LogP contribution is 2.13. The molecule has 2 amide bonds. The van der Waals surface area contributed by atoms with Crippen molar-refractivity contribution in [3.8, 4) is 5.75 Å². The van der Waals surface area contributed by atoms with Crippen molar-refractivity contribution in [1.82, 2.24) is 10.2 Å². The molecule has 1 saturated heterocycles. The Hall–Kier alpha value is -2.82. The predicted octanol–water partition coefficient (Wildman–Crippen LogP) is 2.42. The van der Waals surface area contributed by atoms with Crippen LogP contribution < -0.4 is 10.1 Å². The summed E-state index contributed by atoms with van der Waals surface area (Å²) in [6.07, 6.45) is 2.52. The van der Waals surface area contributed by atoms with Crippen LogP contribution >= 0.6 is 0 Å². The zero-order valence-corrected chi connectivity index (χ0v) is 14.8. The van der Waals surface area contributed by atoms with Crippen molar-refractivity contribution < 1.29 is 14.3 Å². The Balaban J connectivity index is 1.62. The van der Waals surface area contributed by atoms with Gasteiger partial charge in [0.05, 0.1) is 0 Å². The Labute approximate surface area is 154 Å². The van der Waals surface area contributed by atoms with Gasteiger partial charge in [-0.2, -0.15) is 0 Å². The SMILES string of the molecule is O=C(COc1ccccc1)N[C@H](Cc1ccccc1)C(=O)N1CCCC1. The number of ether oxygens (including phenoxy) is 1. The predicted molar refractivity (Wildman–Crippen MR) is 99.8 cm³/mol. The van der Waals surface area contributed by atoms with Gasteiger partial charge in [-0.05, 0) is 30.5 Å². The molecule has 5 heteroatoms. The fourth-order valence-electron chi connectivity index (χ4n) is 3.11. The lowest BCUT2D eigenvalue weighted by Gasteiger charge is -2.24. The summed E-state index contributed by atoms with van der Waals surface area (Å²) in [7, 11) is 0. The Kier molecular flexibility index (Phi) is 6.25. The second kappa shape index (κ2) is 9.04. The molecule has 0 saturated carbocycles. The minimum absolute atomic E-state index is 0.0144. The number of nitrogens with one attached hydrogen (secondary N) is 1. The van der Waals surface area contributed by atoms with Crippen LogP contribution in [0.4, 0.5) is 0 Å². The molecule has 5 nitrogen and oxygen atoms in total. The number of likely N-dealkylation sites (tertiary alicyclic amines) is 1. The van der Waals surface area contributed by atoms with Crippen molar-refractivity contribution in [2.45, 2.75) is 25.3 Å². The third-order valence-electron chi connectivity index (χ3n) is 4.45. The van der Waals surface area contributed by atoms with Crippen LogP contribution in [0.5, 0.6) is 5.75 Å². The smallest absolute Gasteiger partial charge is 0.258 e. The molecule has 1 heterocycles. The molecular formula is C21H24N2O3. The minimum atomic E-state index is -0.567. The third kappa shape index (κ3) is 5.09. The first-order chi connectivity index (χ1) is 12.7. The molecule has 26 heavy (non-hydrogen) atoms. The number of benzene rings is 2. The second-order valence-electron chi connectivity index (χ2n) is 6.44. The Morgan fingerprint density at radius 1 is 0.962 bits per heavy atom. The highest BCUT2D eigenvalue weighted by Gasteiger charge is 2.28. The van der Waals surface area contributed by atoms with Gasteiger partial charge in [-0.15, -0.1) is 0 Å². The summed E-state index contributed by atoms with van der Waals surface area (Å²) in [6, 6.07) is 18.4. The normalized spacial score (nSPS) is 14.7. The number of hydrogen-bond donors (Lipinski definition) is 1. The van der Waals surface area contributed by atoms with E-state index < -0.39 is 6.04 Å². The summed E-state index contributed by atoms with van der Waals surface area (Å²) in [5.41, 5.74) is 1.02. The average Bonchev–Trinajstić information content (AvgIpc) is 3.22. The van der Waals surface area contributed by atoms with E-state index in [9.17, 15) is 9.59 Å². The summed E-state index contributed by atoms with van der Waals surface area (Å²) in [4.78, 5) is 27.0. The molecule has 1 atom stereocenters. The van der Waals surface area contributed by atoms with Crippen LogP contribution in [0.15, 0.2) is 60.7 Å². The van der Waals surface area contributed by atoms with E-state index in [1.807, 2.05) is 53.4 Å². The number of nitrogens with zero attached hydrogens (tertiary/aromatic N) is 1. The number of rotatable bonds is 7. The van der Waals surface area contributed by atoms with Crippen molar-refractivity contribution in [3.05, 3.63) is 66.2 Å². The Morgan fingerprint density at radius 2 is 1.58 bits per heavy atom. The molecule has 0 bridgehead atoms. The molecule has 0 aliphatic carbocycles. The first-order valence-electron chi connectivity index (χ1n) is 9.02. The molecule has 136 valence electrons. The number of carbonyl (C=O) groups is 2. The molecule has 1 N–H and O–H groups in total. The van der Waals surface area contributed by atoms with Crippen molar-refractivity contribution in [2.75, 3.05) is 19.7 Å². The molecule has 0 unspecified atom stereocenters. The average molecular weight is 352 g/mol. The highest BCUT2D eigenvalue weighted by atomic mass is 16.5. The quantitative estimate of drug-likeness (QED) is 0.832. The van der Waals surface area contributed by atoms with Gasteiger partial charge in [0.1, 0.15) is 11.8 Å². The van der Waals surface area contributed by atoms with Crippen LogP contribution in [0, 0.1) is 0 Å². The van der Waals surface area contributed by atoms with Crippen molar-refractivity contribution in [2.24, 2.45) is 0 Å². The van der Waals surface area contributed by atoms with Gasteiger partial charge < -0.3 is 15.0 Å². The zero-order chi connectivity index (χ0) is 18.2. The van der Waals surface area contributed by atoms with E-state index in [4.69, 9.17) is 4.74 Å². The molecule has 1 aliphatic heterocycles. The summed E-state index contributed by atoms with van der Waals surface area (Å²) in [5, 5.41) is 2.86. The minimum Gasteiger partial charge on any atom is -0.484 e. The zero-order valence-electron chi connectivity index (χ0n) is 14.8. The van der Waals surface area contributed by atoms with Crippen LogP contribution in [0.25, 0.3) is 0 Å². The molecule has 0 spiro atoms. The first kappa shape index (κ1) is 18.0. The van der Waals surface area contributed by atoms with Crippen LogP contribution in [0.3, 0.4) is 0 Å². The van der Waals surface area contributed by atoms with E-state index in [1.54, 1.807) is 12.1 Å². The highest BCUT2D eigenvalue weighted by molar-refractivity contribution is 5.88. The topological polar surface area (TPSA) is 58.6 Å². The van der Waals surface area contributed by atoms with Crippen LogP contribution in [-0.4, -0.2) is 42.5 Å². The molecule has 1 aliphatic rings. The van der Waals surface area contributed by atoms with Crippen LogP contribution in [0.2, 0.25) is 0 Å². The maximum Gasteiger partial charge on any atom is 0.258 e. The Morgan fingerprint density at radius 3 is 2.23 bits per heavy atom. The summed E-state index contributed by atoms with van der Waals surface area (Å²) in [6.45, 7) is 1.42. The van der Waals surface area contributed by atoms with Gasteiger partial charge in [-0.25, -0.2) is 0 Å². The third-order valence-corrected chi connectivity index (χ3v) is 4.45. The summed E-state index contributed by atoms with van der Waals surface area (Å²) < 4.78 is 5.49. The van der Waals surface area contributed by atoms with E-state index in [0.29, 0.717) is 12.2 Å². The summed E-state index contributed by atoms with van der Waals surface area (Å²) >= 11 is 0. The van der Waals surface area contributed by atoms with E-state index in [1.165, 1.54) is 0 Å². The van der Waals surface area contributed by atoms with E-state index in [2.05, 4.69) is 5.32 Å². The van der Waals surface area contributed by atoms with Gasteiger partial charge in [0, 0.05) is 19.5 Å². The monoisotopic (exact) mass is 352 g/mol. The van der Waals surface area contributed by atoms with E-state index in [0.717, 1.165) is 31.5 Å². The fourth-order valence-corrected chi connectivity index (χ4v) is 3.11. The maximum atomic E-state index is 12.8. The van der Waals surface area contributed by atoms with Gasteiger partial charge in [-0.1, -0.05) is 48.5 Å². The molecule has 2 aromatic rings. The maximum absolute atomic E-state index is 12.8. The molecule has 0 aromatic heterocycles. The van der Waals surface area contributed by atoms with Gasteiger partial charge >= 0.3 is 0 Å². The lowest BCUT2D eigenvalue weighted by molar-refractivity contribution is -0.136. The molecule has 0 radical (unpaired) electrons. The standard InChI is InChI=1S/C21H24N2O3/c24-20(16-26-18-11-5-2-6-12-18)22-19(15-17-9-3-1-4-10-17)21(25)23-13-7-8-14-23/h1-6,9-12,19H,7-8,13-16H2,(H,22,24)/t19-/m1/s1. The van der Waals surface area contributed by atoms with E-state index in [-0.39, 0.29) is 18.4 Å². The molecular weight excluding hydrogens is 328 g/mol. The number of carbonyl (C=O) groups excluding carboxylic acids is 2. The fraction of sp³-hybridized carbons (Fsp3) is 0.333. The lowest BCUT2D eigenvalue weighted by atomic mass is 10.0. The first-order valence-corrected chi connectivity index (χ1v) is 9.02. The van der Waals surface area contributed by atoms with Crippen LogP contribution in [0.1, 0.15) is 18.4 Å². The van der Waals surface area contributed by atoms with Crippen LogP contribution in [-0.2, 0) is 16.0 Å². The van der Waals surface area contributed by atoms with Gasteiger partial charge in [0.25, 0.3) is 5.91 Å². The van der Waals surface area contributed by atoms with Gasteiger partial charge in [0.15, 0.2) is 6.61 Å². The number of amides is 2. The largest absolute Gasteiger partial charge is 0.484 e. The second-order valence-corrected chi connectivity index (χ2v) is 6.44. The number of hydrogen-bond acceptors (Lipinski definition) is 3. The van der Waals surface area contributed by atoms with Gasteiger partial charge in [0.2, 0.25) is 5.91 Å². The molecule has 2 aromatic carbocycles. The van der Waals surface area contributed by atoms with E-state index >= 15 is 0 Å². The molecule has 3 rings (SSSR count). The Bertz CT molecular complexity index is 713. The van der Waals surface area contributed by atoms with Crippen molar-refractivity contribution in [3.63, 3.8) is 0 Å².